The minimum absolute atomic E-state index is 0.0888. The van der Waals surface area contributed by atoms with Crippen molar-refractivity contribution < 1.29 is 23.8 Å². The summed E-state index contributed by atoms with van der Waals surface area (Å²) in [7, 11) is 0. The highest BCUT2D eigenvalue weighted by Gasteiger charge is 2.46. The van der Waals surface area contributed by atoms with Gasteiger partial charge in [0.1, 0.15) is 12.3 Å². The van der Waals surface area contributed by atoms with Crippen molar-refractivity contribution >= 4 is 12.1 Å². The number of likely N-dealkylation sites (tertiary alicyclic amines) is 1. The molecule has 0 bridgehead atoms. The monoisotopic (exact) mass is 276 g/mol. The largest absolute Gasteiger partial charge is 0.479 e. The Balaban J connectivity index is 2.69. The van der Waals surface area contributed by atoms with E-state index in [1.165, 1.54) is 0 Å². The van der Waals surface area contributed by atoms with Crippen LogP contribution in [0.15, 0.2) is 0 Å². The van der Waals surface area contributed by atoms with Crippen LogP contribution in [0.3, 0.4) is 0 Å². The molecule has 0 spiro atoms. The van der Waals surface area contributed by atoms with Gasteiger partial charge in [0.05, 0.1) is 0 Å². The van der Waals surface area contributed by atoms with Gasteiger partial charge in [0.25, 0.3) is 0 Å². The number of alkyl carbamates (subject to hydrolysis) is 1. The third kappa shape index (κ3) is 4.34. The summed E-state index contributed by atoms with van der Waals surface area (Å²) < 4.78 is 17.3. The quantitative estimate of drug-likeness (QED) is 0.801. The first-order chi connectivity index (χ1) is 8.68. The second-order valence-electron chi connectivity index (χ2n) is 5.73. The van der Waals surface area contributed by atoms with Crippen LogP contribution < -0.4 is 5.32 Å². The van der Waals surface area contributed by atoms with Crippen LogP contribution in [-0.2, 0) is 9.53 Å². The summed E-state index contributed by atoms with van der Waals surface area (Å²) in [6.07, 6.45) is -0.529. The third-order valence-corrected chi connectivity index (χ3v) is 2.90. The SMILES string of the molecule is CC(C)(C)OC(=O)NC1(C(=O)O)CCN(CCF)C1. The molecule has 6 nitrogen and oxygen atoms in total. The molecule has 1 fully saturated rings. The fraction of sp³-hybridized carbons (Fsp3) is 0.833. The van der Waals surface area contributed by atoms with Crippen molar-refractivity contribution in [1.82, 2.24) is 10.2 Å². The van der Waals surface area contributed by atoms with Gasteiger partial charge in [-0.2, -0.15) is 0 Å². The minimum atomic E-state index is -1.39. The first-order valence-electron chi connectivity index (χ1n) is 6.21. The lowest BCUT2D eigenvalue weighted by Crippen LogP contribution is -2.57. The molecule has 1 saturated heterocycles. The Kier molecular flexibility index (Phi) is 4.73. The Hall–Kier alpha value is -1.37. The number of hydrogen-bond donors (Lipinski definition) is 2. The molecule has 0 radical (unpaired) electrons. The van der Waals surface area contributed by atoms with Gasteiger partial charge in [0, 0.05) is 19.6 Å². The van der Waals surface area contributed by atoms with E-state index >= 15 is 0 Å². The molecule has 0 aromatic carbocycles. The van der Waals surface area contributed by atoms with E-state index in [-0.39, 0.29) is 19.5 Å². The highest BCUT2D eigenvalue weighted by atomic mass is 19.1. The standard InChI is InChI=1S/C12H21FN2O4/c1-11(2,3)19-10(18)14-12(9(16)17)4-6-15(8-12)7-5-13/h4-8H2,1-3H3,(H,14,18)(H,16,17). The highest BCUT2D eigenvalue weighted by Crippen LogP contribution is 2.22. The Bertz CT molecular complexity index is 356. The molecule has 1 aliphatic rings. The van der Waals surface area contributed by atoms with Crippen molar-refractivity contribution in [1.29, 1.82) is 0 Å². The molecule has 19 heavy (non-hydrogen) atoms. The summed E-state index contributed by atoms with van der Waals surface area (Å²) in [5, 5.41) is 11.7. The Labute approximate surface area is 111 Å². The second-order valence-corrected chi connectivity index (χ2v) is 5.73. The zero-order chi connectivity index (χ0) is 14.7. The van der Waals surface area contributed by atoms with Crippen molar-refractivity contribution in [3.63, 3.8) is 0 Å². The molecule has 7 heteroatoms. The van der Waals surface area contributed by atoms with Crippen LogP contribution in [0.2, 0.25) is 0 Å². The average Bonchev–Trinajstić information content (AvgIpc) is 2.60. The summed E-state index contributed by atoms with van der Waals surface area (Å²) >= 11 is 0. The highest BCUT2D eigenvalue weighted by molar-refractivity contribution is 5.85. The molecular weight excluding hydrogens is 255 g/mol. The fourth-order valence-corrected chi connectivity index (χ4v) is 2.03. The van der Waals surface area contributed by atoms with E-state index in [0.717, 1.165) is 0 Å². The molecule has 1 atom stereocenters. The average molecular weight is 276 g/mol. The van der Waals surface area contributed by atoms with Crippen molar-refractivity contribution in [2.45, 2.75) is 38.3 Å². The zero-order valence-corrected chi connectivity index (χ0v) is 11.5. The van der Waals surface area contributed by atoms with Crippen LogP contribution in [0.1, 0.15) is 27.2 Å². The number of carboxylic acids is 1. The maximum atomic E-state index is 12.3. The Morgan fingerprint density at radius 1 is 1.47 bits per heavy atom. The van der Waals surface area contributed by atoms with Gasteiger partial charge in [-0.25, -0.2) is 14.0 Å². The van der Waals surface area contributed by atoms with E-state index in [2.05, 4.69) is 5.32 Å². The molecule has 110 valence electrons. The minimum Gasteiger partial charge on any atom is -0.479 e. The lowest BCUT2D eigenvalue weighted by atomic mass is 9.99. The molecule has 2 N–H and O–H groups in total. The Morgan fingerprint density at radius 2 is 2.11 bits per heavy atom. The molecule has 1 rings (SSSR count). The molecular formula is C12H21FN2O4. The predicted octanol–water partition coefficient (Wildman–Crippen LogP) is 1.01. The van der Waals surface area contributed by atoms with Crippen LogP contribution in [-0.4, -0.2) is 59.5 Å². The van der Waals surface area contributed by atoms with Crippen LogP contribution >= 0.6 is 0 Å². The van der Waals surface area contributed by atoms with Crippen LogP contribution in [0.25, 0.3) is 0 Å². The van der Waals surface area contributed by atoms with Crippen molar-refractivity contribution in [2.75, 3.05) is 26.3 Å². The van der Waals surface area contributed by atoms with Gasteiger partial charge in [-0.05, 0) is 27.2 Å². The number of halogens is 1. The van der Waals surface area contributed by atoms with Gasteiger partial charge in [-0.3, -0.25) is 4.90 Å². The number of amides is 1. The first-order valence-corrected chi connectivity index (χ1v) is 6.21. The first kappa shape index (κ1) is 15.7. The van der Waals surface area contributed by atoms with Crippen molar-refractivity contribution in [2.24, 2.45) is 0 Å². The number of rotatable bonds is 4. The van der Waals surface area contributed by atoms with E-state index in [1.807, 2.05) is 0 Å². The topological polar surface area (TPSA) is 78.9 Å². The molecule has 0 aromatic heterocycles. The van der Waals surface area contributed by atoms with Gasteiger partial charge in [0.2, 0.25) is 0 Å². The molecule has 1 amide bonds. The number of alkyl halides is 1. The number of ether oxygens (including phenoxy) is 1. The number of carboxylic acid groups (broad SMARTS) is 1. The third-order valence-electron chi connectivity index (χ3n) is 2.90. The van der Waals surface area contributed by atoms with Crippen LogP contribution in [0.4, 0.5) is 9.18 Å². The molecule has 0 aromatic rings. The maximum absolute atomic E-state index is 12.3. The summed E-state index contributed by atoms with van der Waals surface area (Å²) in [4.78, 5) is 24.8. The van der Waals surface area contributed by atoms with Crippen LogP contribution in [0.5, 0.6) is 0 Å². The summed E-state index contributed by atoms with van der Waals surface area (Å²) in [5.41, 5.74) is -2.08. The lowest BCUT2D eigenvalue weighted by Gasteiger charge is -2.28. The van der Waals surface area contributed by atoms with E-state index in [9.17, 15) is 19.1 Å². The van der Waals surface area contributed by atoms with Crippen LogP contribution in [0, 0.1) is 0 Å². The predicted molar refractivity (Wildman–Crippen MR) is 66.8 cm³/mol. The summed E-state index contributed by atoms with van der Waals surface area (Å²) in [6.45, 7) is 5.25. The van der Waals surface area contributed by atoms with Gasteiger partial charge < -0.3 is 15.2 Å². The van der Waals surface area contributed by atoms with E-state index in [0.29, 0.717) is 6.54 Å². The molecule has 1 heterocycles. The number of hydrogen-bond acceptors (Lipinski definition) is 4. The number of aliphatic carboxylic acids is 1. The fourth-order valence-electron chi connectivity index (χ4n) is 2.03. The lowest BCUT2D eigenvalue weighted by molar-refractivity contribution is -0.144. The number of carbonyl (C=O) groups excluding carboxylic acids is 1. The van der Waals surface area contributed by atoms with E-state index < -0.39 is 29.9 Å². The molecule has 0 aliphatic carbocycles. The molecule has 1 aliphatic heterocycles. The number of nitrogens with zero attached hydrogens (tertiary/aromatic N) is 1. The van der Waals surface area contributed by atoms with Gasteiger partial charge in [0.15, 0.2) is 5.54 Å². The summed E-state index contributed by atoms with van der Waals surface area (Å²) in [5.74, 6) is -1.13. The number of carbonyl (C=O) groups is 2. The zero-order valence-electron chi connectivity index (χ0n) is 11.5. The molecule has 1 unspecified atom stereocenters. The van der Waals surface area contributed by atoms with Gasteiger partial charge in [-0.15, -0.1) is 0 Å². The van der Waals surface area contributed by atoms with Crippen molar-refractivity contribution in [3.8, 4) is 0 Å². The van der Waals surface area contributed by atoms with Gasteiger partial charge in [-0.1, -0.05) is 0 Å². The normalized spacial score (nSPS) is 24.2. The smallest absolute Gasteiger partial charge is 0.408 e. The molecule has 0 saturated carbocycles. The van der Waals surface area contributed by atoms with E-state index in [1.54, 1.807) is 25.7 Å². The van der Waals surface area contributed by atoms with Crippen molar-refractivity contribution in [3.05, 3.63) is 0 Å². The maximum Gasteiger partial charge on any atom is 0.408 e. The number of nitrogens with one attached hydrogen (secondary N) is 1. The van der Waals surface area contributed by atoms with E-state index in [4.69, 9.17) is 4.74 Å². The summed E-state index contributed by atoms with van der Waals surface area (Å²) in [6, 6.07) is 0. The Morgan fingerprint density at radius 3 is 2.58 bits per heavy atom. The second kappa shape index (κ2) is 5.73. The van der Waals surface area contributed by atoms with Gasteiger partial charge >= 0.3 is 12.1 Å².